The third kappa shape index (κ3) is 1.59. The summed E-state index contributed by atoms with van der Waals surface area (Å²) in [5.41, 5.74) is 1.01. The fourth-order valence-corrected chi connectivity index (χ4v) is 2.10. The number of para-hydroxylation sites is 1. The number of thiophene rings is 1. The van der Waals surface area contributed by atoms with Gasteiger partial charge in [-0.2, -0.15) is 0 Å². The van der Waals surface area contributed by atoms with Gasteiger partial charge in [0.1, 0.15) is 5.75 Å². The summed E-state index contributed by atoms with van der Waals surface area (Å²) >= 11 is 1.35. The summed E-state index contributed by atoms with van der Waals surface area (Å²) in [4.78, 5) is 1.01. The quantitative estimate of drug-likeness (QED) is 0.818. The molecule has 1 aromatic heterocycles. The van der Waals surface area contributed by atoms with Crippen molar-refractivity contribution in [2.75, 3.05) is 7.11 Å². The van der Waals surface area contributed by atoms with Gasteiger partial charge in [0.25, 0.3) is 0 Å². The molecule has 0 bridgehead atoms. The summed E-state index contributed by atoms with van der Waals surface area (Å²) < 4.78 is 5.23. The van der Waals surface area contributed by atoms with Crippen molar-refractivity contribution < 1.29 is 9.84 Å². The molecule has 0 unspecified atom stereocenters. The number of hydrogen-bond donors (Lipinski definition) is 1. The van der Waals surface area contributed by atoms with Gasteiger partial charge in [-0.1, -0.05) is 23.5 Å². The van der Waals surface area contributed by atoms with E-state index in [1.165, 1.54) is 11.3 Å². The summed E-state index contributed by atoms with van der Waals surface area (Å²) in [6.07, 6.45) is 0. The van der Waals surface area contributed by atoms with Crippen molar-refractivity contribution in [1.82, 2.24) is 0 Å². The predicted octanol–water partition coefficient (Wildman–Crippen LogP) is 3.13. The monoisotopic (exact) mass is 206 g/mol. The molecule has 2 nitrogen and oxygen atoms in total. The summed E-state index contributed by atoms with van der Waals surface area (Å²) in [6.45, 7) is 0. The van der Waals surface area contributed by atoms with Gasteiger partial charge in [-0.3, -0.25) is 0 Å². The lowest BCUT2D eigenvalue weighted by Gasteiger charge is -2.04. The van der Waals surface area contributed by atoms with Gasteiger partial charge >= 0.3 is 0 Å². The van der Waals surface area contributed by atoms with Crippen molar-refractivity contribution in [3.63, 3.8) is 0 Å². The Morgan fingerprint density at radius 1 is 1.14 bits per heavy atom. The maximum Gasteiger partial charge on any atom is 0.171 e. The van der Waals surface area contributed by atoms with Crippen LogP contribution in [0, 0.1) is 0 Å². The van der Waals surface area contributed by atoms with E-state index in [1.807, 2.05) is 30.3 Å². The van der Waals surface area contributed by atoms with Crippen molar-refractivity contribution in [2.24, 2.45) is 0 Å². The Kier molecular flexibility index (Phi) is 2.41. The molecule has 0 amide bonds. The van der Waals surface area contributed by atoms with E-state index in [4.69, 9.17) is 4.74 Å². The van der Waals surface area contributed by atoms with Crippen LogP contribution in [0.1, 0.15) is 0 Å². The zero-order valence-electron chi connectivity index (χ0n) is 7.73. The maximum atomic E-state index is 9.26. The van der Waals surface area contributed by atoms with Crippen LogP contribution in [0.3, 0.4) is 0 Å². The molecule has 0 saturated carbocycles. The third-order valence-electron chi connectivity index (χ3n) is 1.96. The molecule has 0 atom stereocenters. The molecule has 14 heavy (non-hydrogen) atoms. The Bertz CT molecular complexity index is 434. The highest BCUT2D eigenvalue weighted by Gasteiger charge is 2.06. The fraction of sp³-hybridized carbons (Fsp3) is 0.0909. The van der Waals surface area contributed by atoms with E-state index in [-0.39, 0.29) is 0 Å². The molecule has 0 aliphatic rings. The Balaban J connectivity index is 2.50. The lowest BCUT2D eigenvalue weighted by atomic mass is 10.2. The van der Waals surface area contributed by atoms with Crippen LogP contribution in [0.4, 0.5) is 0 Å². The zero-order valence-corrected chi connectivity index (χ0v) is 8.54. The second-order valence-corrected chi connectivity index (χ2v) is 3.90. The molecule has 72 valence electrons. The Hall–Kier alpha value is -1.48. The van der Waals surface area contributed by atoms with Crippen molar-refractivity contribution in [1.29, 1.82) is 0 Å². The minimum Gasteiger partial charge on any atom is -0.499 e. The maximum absolute atomic E-state index is 9.26. The molecule has 0 fully saturated rings. The molecule has 2 rings (SSSR count). The van der Waals surface area contributed by atoms with Gasteiger partial charge < -0.3 is 9.84 Å². The SMILES string of the molecule is COc1ccccc1-c1ccc(O)s1. The molecule has 0 aliphatic carbocycles. The number of methoxy groups -OCH3 is 1. The van der Waals surface area contributed by atoms with Crippen molar-refractivity contribution in [2.45, 2.75) is 0 Å². The number of benzene rings is 1. The zero-order chi connectivity index (χ0) is 9.97. The molecule has 1 aromatic carbocycles. The van der Waals surface area contributed by atoms with E-state index in [1.54, 1.807) is 13.2 Å². The fourth-order valence-electron chi connectivity index (χ4n) is 1.32. The van der Waals surface area contributed by atoms with Crippen LogP contribution < -0.4 is 4.74 Å². The minimum absolute atomic E-state index is 0.325. The Labute approximate surface area is 86.4 Å². The van der Waals surface area contributed by atoms with Crippen LogP contribution in [0.25, 0.3) is 10.4 Å². The molecule has 1 heterocycles. The van der Waals surface area contributed by atoms with Gasteiger partial charge in [0, 0.05) is 10.4 Å². The number of rotatable bonds is 2. The molecule has 0 spiro atoms. The average Bonchev–Trinajstić information content (AvgIpc) is 2.65. The van der Waals surface area contributed by atoms with Gasteiger partial charge in [0.15, 0.2) is 5.06 Å². The average molecular weight is 206 g/mol. The van der Waals surface area contributed by atoms with E-state index in [9.17, 15) is 5.11 Å². The topological polar surface area (TPSA) is 29.5 Å². The second kappa shape index (κ2) is 3.72. The van der Waals surface area contributed by atoms with Crippen LogP contribution in [0.2, 0.25) is 0 Å². The van der Waals surface area contributed by atoms with Gasteiger partial charge in [0.2, 0.25) is 0 Å². The highest BCUT2D eigenvalue weighted by Crippen LogP contribution is 2.36. The lowest BCUT2D eigenvalue weighted by molar-refractivity contribution is 0.416. The largest absolute Gasteiger partial charge is 0.499 e. The van der Waals surface area contributed by atoms with Crippen LogP contribution in [0.5, 0.6) is 10.8 Å². The van der Waals surface area contributed by atoms with Crippen LogP contribution in [-0.2, 0) is 0 Å². The van der Waals surface area contributed by atoms with Gasteiger partial charge in [-0.05, 0) is 24.3 Å². The minimum atomic E-state index is 0.325. The Morgan fingerprint density at radius 2 is 1.93 bits per heavy atom. The van der Waals surface area contributed by atoms with E-state index in [2.05, 4.69) is 0 Å². The smallest absolute Gasteiger partial charge is 0.171 e. The first-order chi connectivity index (χ1) is 6.81. The first-order valence-electron chi connectivity index (χ1n) is 4.23. The van der Waals surface area contributed by atoms with E-state index >= 15 is 0 Å². The van der Waals surface area contributed by atoms with Gasteiger partial charge in [0.05, 0.1) is 7.11 Å². The van der Waals surface area contributed by atoms with E-state index < -0.39 is 0 Å². The standard InChI is InChI=1S/C11H10O2S/c1-13-9-5-3-2-4-8(9)10-6-7-11(12)14-10/h2-7,12H,1H3. The van der Waals surface area contributed by atoms with Crippen molar-refractivity contribution in [3.05, 3.63) is 36.4 Å². The third-order valence-corrected chi connectivity index (χ3v) is 2.89. The molecule has 0 radical (unpaired) electrons. The van der Waals surface area contributed by atoms with Crippen LogP contribution in [0.15, 0.2) is 36.4 Å². The predicted molar refractivity (Wildman–Crippen MR) is 58.0 cm³/mol. The highest BCUT2D eigenvalue weighted by molar-refractivity contribution is 7.17. The normalized spacial score (nSPS) is 10.1. The summed E-state index contributed by atoms with van der Waals surface area (Å²) in [6, 6.07) is 11.3. The lowest BCUT2D eigenvalue weighted by Crippen LogP contribution is -1.84. The first-order valence-corrected chi connectivity index (χ1v) is 5.05. The molecule has 2 aromatic rings. The first kappa shape index (κ1) is 9.09. The molecule has 3 heteroatoms. The summed E-state index contributed by atoms with van der Waals surface area (Å²) in [7, 11) is 1.65. The number of ether oxygens (including phenoxy) is 1. The second-order valence-electron chi connectivity index (χ2n) is 2.84. The van der Waals surface area contributed by atoms with Crippen molar-refractivity contribution in [3.8, 4) is 21.3 Å². The highest BCUT2D eigenvalue weighted by atomic mass is 32.1. The van der Waals surface area contributed by atoms with Gasteiger partial charge in [-0.15, -0.1) is 0 Å². The van der Waals surface area contributed by atoms with Crippen molar-refractivity contribution >= 4 is 11.3 Å². The summed E-state index contributed by atoms with van der Waals surface area (Å²) in [5, 5.41) is 9.58. The molecule has 0 aliphatic heterocycles. The molecular formula is C11H10O2S. The number of hydrogen-bond acceptors (Lipinski definition) is 3. The summed E-state index contributed by atoms with van der Waals surface area (Å²) in [5.74, 6) is 0.828. The number of aromatic hydroxyl groups is 1. The molecule has 1 N–H and O–H groups in total. The van der Waals surface area contributed by atoms with Gasteiger partial charge in [-0.25, -0.2) is 0 Å². The van der Waals surface area contributed by atoms with Crippen LogP contribution >= 0.6 is 11.3 Å². The van der Waals surface area contributed by atoms with E-state index in [0.29, 0.717) is 5.06 Å². The molecule has 0 saturated heterocycles. The van der Waals surface area contributed by atoms with Crippen LogP contribution in [-0.4, -0.2) is 12.2 Å². The van der Waals surface area contributed by atoms with E-state index in [0.717, 1.165) is 16.2 Å². The Morgan fingerprint density at radius 3 is 2.57 bits per heavy atom. The molecular weight excluding hydrogens is 196 g/mol.